The Labute approximate surface area is 261 Å². The van der Waals surface area contributed by atoms with Crippen LogP contribution in [0.3, 0.4) is 0 Å². The van der Waals surface area contributed by atoms with E-state index in [9.17, 15) is 0 Å². The van der Waals surface area contributed by atoms with Crippen LogP contribution >= 0.6 is 23.6 Å². The number of halogens is 2. The van der Waals surface area contributed by atoms with Crippen molar-refractivity contribution < 1.29 is 0 Å². The Morgan fingerprint density at radius 3 is 0.786 bits per heavy atom. The molecule has 4 nitrogen and oxygen atoms in total. The second-order valence-corrected chi connectivity index (χ2v) is 11.8. The van der Waals surface area contributed by atoms with E-state index in [0.717, 1.165) is 96.2 Å². The lowest BCUT2D eigenvalue weighted by atomic mass is 9.98. The average Bonchev–Trinajstić information content (AvgIpc) is 3.67. The maximum absolute atomic E-state index is 7.25. The van der Waals surface area contributed by atoms with Gasteiger partial charge >= 0.3 is 0 Å². The summed E-state index contributed by atoms with van der Waals surface area (Å²) in [7, 11) is 0. The SMILES string of the molecule is CCC1=C(CC)c2cc3c(CC)c(CC)c(cc4nc(cc5c(CC)c(CC)c(cc1n2)n5Cl)C(CC)=C4CC)n3Cl. The van der Waals surface area contributed by atoms with E-state index in [1.165, 1.54) is 44.5 Å². The first-order valence-electron chi connectivity index (χ1n) is 15.9. The summed E-state index contributed by atoms with van der Waals surface area (Å²) in [5.74, 6) is 0. The zero-order valence-corrected chi connectivity index (χ0v) is 28.0. The van der Waals surface area contributed by atoms with E-state index < -0.39 is 0 Å². The number of aryl methyl sites for hydroxylation is 4. The molecular weight excluding hydrogens is 559 g/mol. The van der Waals surface area contributed by atoms with Gasteiger partial charge < -0.3 is 0 Å². The summed E-state index contributed by atoms with van der Waals surface area (Å²) in [6.07, 6.45) is 7.20. The van der Waals surface area contributed by atoms with Gasteiger partial charge in [0.25, 0.3) is 0 Å². The van der Waals surface area contributed by atoms with E-state index in [1.54, 1.807) is 0 Å². The molecule has 0 radical (unpaired) electrons. The van der Waals surface area contributed by atoms with E-state index in [2.05, 4.69) is 79.7 Å². The van der Waals surface area contributed by atoms with E-state index in [4.69, 9.17) is 33.5 Å². The highest BCUT2D eigenvalue weighted by molar-refractivity contribution is 6.21. The van der Waals surface area contributed by atoms with Crippen LogP contribution in [0.5, 0.6) is 0 Å². The minimum Gasteiger partial charge on any atom is -0.253 e. The minimum absolute atomic E-state index is 0.896. The molecule has 2 aliphatic rings. The molecule has 0 saturated carbocycles. The lowest BCUT2D eigenvalue weighted by Gasteiger charge is -2.04. The minimum atomic E-state index is 0.896. The average molecular weight is 604 g/mol. The van der Waals surface area contributed by atoms with Crippen LogP contribution < -0.4 is 0 Å². The molecule has 0 aromatic carbocycles. The van der Waals surface area contributed by atoms with Crippen LogP contribution in [0, 0.1) is 0 Å². The summed E-state index contributed by atoms with van der Waals surface area (Å²) in [6, 6.07) is 8.84. The molecule has 0 aliphatic carbocycles. The molecule has 222 valence electrons. The molecule has 3 aromatic heterocycles. The molecule has 6 heteroatoms. The van der Waals surface area contributed by atoms with Crippen molar-refractivity contribution in [3.8, 4) is 0 Å². The van der Waals surface area contributed by atoms with E-state index in [0.29, 0.717) is 0 Å². The van der Waals surface area contributed by atoms with Gasteiger partial charge in [-0.05, 0) is 120 Å². The maximum atomic E-state index is 7.25. The maximum Gasteiger partial charge on any atom is 0.0693 e. The van der Waals surface area contributed by atoms with Crippen molar-refractivity contribution in [1.82, 2.24) is 18.1 Å². The van der Waals surface area contributed by atoms with Gasteiger partial charge in [0, 0.05) is 23.6 Å². The number of allylic oxidation sites excluding steroid dienone is 4. The molecule has 5 rings (SSSR count). The molecule has 42 heavy (non-hydrogen) atoms. The Morgan fingerprint density at radius 1 is 0.405 bits per heavy atom. The fourth-order valence-electron chi connectivity index (χ4n) is 7.23. The standard InChI is InChI=1S/C36H44Cl2N4/c1-9-21-22(10-2)30-18-34-27(15-7)28(16-8)36(42(34)38)20-32-24(12-4)23(11-3)31(40-32)19-35-26(14-6)25(13-5)33(41(35)37)17-29(21)39-30/h17-20H,9-16H2,1-8H3. The van der Waals surface area contributed by atoms with Gasteiger partial charge in [-0.15, -0.1) is 0 Å². The van der Waals surface area contributed by atoms with Crippen molar-refractivity contribution in [2.24, 2.45) is 0 Å². The molecule has 0 fully saturated rings. The van der Waals surface area contributed by atoms with Crippen LogP contribution in [0.25, 0.3) is 44.4 Å². The Hall–Kier alpha value is -2.82. The Bertz CT molecular complexity index is 1530. The molecule has 3 aromatic rings. The highest BCUT2D eigenvalue weighted by Crippen LogP contribution is 2.40. The van der Waals surface area contributed by atoms with Crippen molar-refractivity contribution >= 4 is 67.9 Å². The van der Waals surface area contributed by atoms with Crippen LogP contribution in [0.15, 0.2) is 24.3 Å². The number of aromatic nitrogens is 4. The van der Waals surface area contributed by atoms with Crippen molar-refractivity contribution in [3.63, 3.8) is 0 Å². The van der Waals surface area contributed by atoms with Gasteiger partial charge in [-0.1, -0.05) is 55.4 Å². The molecule has 8 bridgehead atoms. The number of hydrogen-bond acceptors (Lipinski definition) is 2. The zero-order chi connectivity index (χ0) is 30.3. The lowest BCUT2D eigenvalue weighted by molar-refractivity contribution is 1.07. The zero-order valence-electron chi connectivity index (χ0n) is 26.5. The van der Waals surface area contributed by atoms with Crippen LogP contribution in [-0.4, -0.2) is 18.1 Å². The molecule has 2 aliphatic heterocycles. The summed E-state index contributed by atoms with van der Waals surface area (Å²) in [5.41, 5.74) is 18.4. The second kappa shape index (κ2) is 12.4. The van der Waals surface area contributed by atoms with Crippen molar-refractivity contribution in [2.75, 3.05) is 0 Å². The number of fused-ring (bicyclic) bond motifs is 8. The molecule has 5 heterocycles. The molecule has 0 saturated heterocycles. The molecule has 0 atom stereocenters. The molecule has 0 unspecified atom stereocenters. The lowest BCUT2D eigenvalue weighted by Crippen LogP contribution is -1.87. The van der Waals surface area contributed by atoms with E-state index in [1.807, 2.05) is 8.17 Å². The van der Waals surface area contributed by atoms with Crippen LogP contribution in [0.4, 0.5) is 0 Å². The third kappa shape index (κ3) is 4.75. The van der Waals surface area contributed by atoms with Crippen LogP contribution in [-0.2, 0) is 25.7 Å². The summed E-state index contributed by atoms with van der Waals surface area (Å²) < 4.78 is 3.71. The Balaban J connectivity index is 2.10. The summed E-state index contributed by atoms with van der Waals surface area (Å²) in [4.78, 5) is 10.5. The van der Waals surface area contributed by atoms with Crippen LogP contribution in [0.1, 0.15) is 126 Å². The first kappa shape index (κ1) is 30.6. The fraction of sp³-hybridized carbons (Fsp3) is 0.444. The fourth-order valence-corrected chi connectivity index (χ4v) is 7.83. The van der Waals surface area contributed by atoms with Crippen molar-refractivity contribution in [2.45, 2.75) is 107 Å². The molecule has 0 spiro atoms. The Morgan fingerprint density at radius 2 is 0.619 bits per heavy atom. The van der Waals surface area contributed by atoms with Gasteiger partial charge in [-0.25, -0.2) is 9.97 Å². The predicted molar refractivity (Wildman–Crippen MR) is 183 cm³/mol. The quantitative estimate of drug-likeness (QED) is 0.257. The van der Waals surface area contributed by atoms with Crippen LogP contribution in [0.2, 0.25) is 0 Å². The summed E-state index contributed by atoms with van der Waals surface area (Å²) in [5, 5.41) is 0. The largest absolute Gasteiger partial charge is 0.253 e. The molecule has 0 N–H and O–H groups in total. The summed E-state index contributed by atoms with van der Waals surface area (Å²) >= 11 is 14.5. The summed E-state index contributed by atoms with van der Waals surface area (Å²) in [6.45, 7) is 17.7. The normalized spacial score (nSPS) is 13.6. The van der Waals surface area contributed by atoms with E-state index in [-0.39, 0.29) is 0 Å². The first-order valence-corrected chi connectivity index (χ1v) is 16.6. The van der Waals surface area contributed by atoms with Gasteiger partial charge in [-0.3, -0.25) is 8.17 Å². The highest BCUT2D eigenvalue weighted by Gasteiger charge is 2.23. The van der Waals surface area contributed by atoms with Crippen molar-refractivity contribution in [1.29, 1.82) is 0 Å². The van der Waals surface area contributed by atoms with Crippen molar-refractivity contribution in [3.05, 3.63) is 69.3 Å². The topological polar surface area (TPSA) is 35.6 Å². The second-order valence-electron chi connectivity index (χ2n) is 11.1. The van der Waals surface area contributed by atoms with Gasteiger partial charge in [-0.2, -0.15) is 0 Å². The number of rotatable bonds is 8. The smallest absolute Gasteiger partial charge is 0.0693 e. The number of nitrogens with zero attached hydrogens (tertiary/aromatic N) is 4. The van der Waals surface area contributed by atoms with Gasteiger partial charge in [0.15, 0.2) is 0 Å². The predicted octanol–water partition coefficient (Wildman–Crippen LogP) is 11.0. The van der Waals surface area contributed by atoms with Gasteiger partial charge in [0.2, 0.25) is 0 Å². The van der Waals surface area contributed by atoms with Gasteiger partial charge in [0.1, 0.15) is 0 Å². The highest BCUT2D eigenvalue weighted by atomic mass is 35.5. The van der Waals surface area contributed by atoms with Gasteiger partial charge in [0.05, 0.1) is 44.8 Å². The van der Waals surface area contributed by atoms with E-state index >= 15 is 0 Å². The molecule has 0 amide bonds. The molecular formula is C36H44Cl2N4. The third-order valence-corrected chi connectivity index (χ3v) is 9.91. The third-order valence-electron chi connectivity index (χ3n) is 9.18. The first-order chi connectivity index (χ1) is 20.3. The Kier molecular flexibility index (Phi) is 9.06. The monoisotopic (exact) mass is 602 g/mol. The number of hydrogen-bond donors (Lipinski definition) is 0.